The molecule has 11 rings (SSSR count). The van der Waals surface area contributed by atoms with Crippen molar-refractivity contribution < 1.29 is 35.1 Å². The van der Waals surface area contributed by atoms with E-state index in [9.17, 15) is 13.2 Å². The number of nitrogens with zero attached hydrogens (tertiary/aromatic N) is 8. The van der Waals surface area contributed by atoms with Crippen LogP contribution in [0.25, 0.3) is 39.0 Å². The third kappa shape index (κ3) is 6.76. The van der Waals surface area contributed by atoms with E-state index in [1.54, 1.807) is 63.4 Å². The number of rotatable bonds is 8. The average Bonchev–Trinajstić information content (AvgIpc) is 4.08. The summed E-state index contributed by atoms with van der Waals surface area (Å²) in [7, 11) is -7.61. The van der Waals surface area contributed by atoms with E-state index in [-0.39, 0.29) is 58.5 Å². The van der Waals surface area contributed by atoms with E-state index < -0.39 is 54.5 Å². The highest BCUT2D eigenvalue weighted by atomic mass is 32.2. The lowest BCUT2D eigenvalue weighted by Crippen LogP contribution is -2.54. The monoisotopic (exact) mass is 948 g/mol. The van der Waals surface area contributed by atoms with Gasteiger partial charge in [-0.25, -0.2) is 39.1 Å². The van der Waals surface area contributed by atoms with Crippen molar-refractivity contribution in [2.24, 2.45) is 7.05 Å². The van der Waals surface area contributed by atoms with Crippen LogP contribution in [0.2, 0.25) is 0 Å². The minimum absolute atomic E-state index is 0.0152. The molecule has 346 valence electrons. The standard InChI is InChI=1S/C48H46F2N8O7S2/c1-28-19-33(20-29(2)44(28)49)56-46(55-17-16-54(47(55)59)40-14-13-39-36(45(40)50)25-51-53(39)5)43-37(52-56)23-34-26-64-27-41(43)57(34)67(62,63)42-22-32-21-30(31-15-18-65-48(3,4)24-31)11-12-38(32)58(42)66(60,61)35-9-7-6-8-10-35/h6-14,16-17,19-22,25,31,34,41H,15,18,23-24,26-27H2,1-5H3/t31-,34-,41-/m0/s1. The highest BCUT2D eigenvalue weighted by Crippen LogP contribution is 2.45. The Bertz CT molecular complexity index is 3610. The molecule has 19 heteroatoms. The van der Waals surface area contributed by atoms with E-state index in [1.807, 2.05) is 26.0 Å². The fourth-order valence-electron chi connectivity index (χ4n) is 10.4. The first kappa shape index (κ1) is 43.3. The second kappa shape index (κ2) is 15.4. The topological polar surface area (TPSA) is 157 Å². The number of hydrogen-bond acceptors (Lipinski definition) is 9. The number of hydrogen-bond donors (Lipinski definition) is 0. The number of ether oxygens (including phenoxy) is 2. The number of imidazole rings is 1. The van der Waals surface area contributed by atoms with Gasteiger partial charge in [-0.2, -0.15) is 14.5 Å². The van der Waals surface area contributed by atoms with E-state index >= 15 is 17.2 Å². The van der Waals surface area contributed by atoms with E-state index in [0.29, 0.717) is 45.6 Å². The lowest BCUT2D eigenvalue weighted by molar-refractivity contribution is -0.0592. The first-order valence-corrected chi connectivity index (χ1v) is 24.8. The Morgan fingerprint density at radius 2 is 1.57 bits per heavy atom. The van der Waals surface area contributed by atoms with Crippen LogP contribution < -0.4 is 5.69 Å². The molecule has 0 saturated carbocycles. The summed E-state index contributed by atoms with van der Waals surface area (Å²) in [5.41, 5.74) is 2.34. The van der Waals surface area contributed by atoms with Crippen molar-refractivity contribution in [1.82, 2.24) is 37.0 Å². The number of morpholine rings is 1. The summed E-state index contributed by atoms with van der Waals surface area (Å²) in [4.78, 5) is 14.7. The lowest BCUT2D eigenvalue weighted by atomic mass is 9.83. The van der Waals surface area contributed by atoms with Crippen LogP contribution in [0, 0.1) is 25.5 Å². The number of benzene rings is 4. The fraction of sp³-hybridized carbons (Fsp3) is 0.312. The van der Waals surface area contributed by atoms with Crippen LogP contribution in [0.3, 0.4) is 0 Å². The average molecular weight is 949 g/mol. The molecule has 3 aliphatic heterocycles. The summed E-state index contributed by atoms with van der Waals surface area (Å²) < 4.78 is 112. The van der Waals surface area contributed by atoms with E-state index in [1.165, 1.54) is 61.1 Å². The second-order valence-electron chi connectivity index (χ2n) is 18.3. The quantitative estimate of drug-likeness (QED) is 0.154. The van der Waals surface area contributed by atoms with Crippen molar-refractivity contribution in [2.75, 3.05) is 19.8 Å². The van der Waals surface area contributed by atoms with Crippen LogP contribution in [0.1, 0.15) is 66.6 Å². The van der Waals surface area contributed by atoms with Crippen molar-refractivity contribution in [3.8, 4) is 17.2 Å². The van der Waals surface area contributed by atoms with E-state index in [4.69, 9.17) is 14.6 Å². The van der Waals surface area contributed by atoms with Gasteiger partial charge in [0, 0.05) is 43.4 Å². The smallest absolute Gasteiger partial charge is 0.338 e. The minimum Gasteiger partial charge on any atom is -0.378 e. The van der Waals surface area contributed by atoms with Crippen molar-refractivity contribution in [1.29, 1.82) is 0 Å². The lowest BCUT2D eigenvalue weighted by Gasteiger charge is -2.43. The SMILES string of the molecule is Cc1cc(-n2nc3c(c2-n2ccn(-c4ccc5c(cnn5C)c4F)c2=O)[C@@H]2COC[C@H](C3)N2S(=O)(=O)c2cc3cc([C@H]4CCOC(C)(C)C4)ccc3n2S(=O)(=O)c2ccccc2)cc(C)c1F. The summed E-state index contributed by atoms with van der Waals surface area (Å²) in [6, 6.07) is 18.9. The van der Waals surface area contributed by atoms with Gasteiger partial charge in [0.1, 0.15) is 11.6 Å². The zero-order chi connectivity index (χ0) is 46.9. The number of aromatic nitrogens is 7. The zero-order valence-corrected chi connectivity index (χ0v) is 38.9. The number of halogens is 2. The molecule has 3 atom stereocenters. The molecule has 0 spiro atoms. The Hall–Kier alpha value is -6.25. The molecule has 0 amide bonds. The summed E-state index contributed by atoms with van der Waals surface area (Å²) in [6.45, 7) is 7.62. The molecule has 67 heavy (non-hydrogen) atoms. The van der Waals surface area contributed by atoms with Crippen molar-refractivity contribution in [3.63, 3.8) is 0 Å². The largest absolute Gasteiger partial charge is 0.378 e. The molecule has 2 fully saturated rings. The molecule has 0 radical (unpaired) electrons. The number of fused-ring (bicyclic) bond motifs is 6. The first-order valence-electron chi connectivity index (χ1n) is 22.0. The molecule has 0 unspecified atom stereocenters. The molecule has 4 aromatic heterocycles. The fourth-order valence-corrected chi connectivity index (χ4v) is 14.2. The molecule has 2 saturated heterocycles. The van der Waals surface area contributed by atoms with Gasteiger partial charge in [0.15, 0.2) is 10.8 Å². The van der Waals surface area contributed by atoms with E-state index in [0.717, 1.165) is 26.9 Å². The zero-order valence-electron chi connectivity index (χ0n) is 37.2. The van der Waals surface area contributed by atoms with Crippen molar-refractivity contribution >= 4 is 41.9 Å². The number of sulfonamides is 1. The highest BCUT2D eigenvalue weighted by molar-refractivity contribution is 7.92. The molecular formula is C48H46F2N8O7S2. The summed E-state index contributed by atoms with van der Waals surface area (Å²) in [6.07, 6.45) is 5.72. The number of aryl methyl sites for hydroxylation is 3. The first-order chi connectivity index (χ1) is 31.9. The predicted octanol–water partition coefficient (Wildman–Crippen LogP) is 7.15. The van der Waals surface area contributed by atoms with Gasteiger partial charge >= 0.3 is 5.69 Å². The Balaban J connectivity index is 1.11. The maximum atomic E-state index is 16.2. The molecule has 0 N–H and O–H groups in total. The normalized spacial score (nSPS) is 19.9. The second-order valence-corrected chi connectivity index (χ2v) is 21.9. The molecule has 15 nitrogen and oxygen atoms in total. The highest BCUT2D eigenvalue weighted by Gasteiger charge is 2.50. The van der Waals surface area contributed by atoms with Gasteiger partial charge < -0.3 is 9.47 Å². The van der Waals surface area contributed by atoms with Gasteiger partial charge in [0.05, 0.1) is 75.5 Å². The minimum atomic E-state index is -4.77. The molecule has 0 aliphatic carbocycles. The summed E-state index contributed by atoms with van der Waals surface area (Å²) in [5.74, 6) is -0.868. The summed E-state index contributed by atoms with van der Waals surface area (Å²) >= 11 is 0. The maximum absolute atomic E-state index is 16.2. The molecule has 3 aliphatic rings. The Labute approximate surface area is 384 Å². The van der Waals surface area contributed by atoms with Gasteiger partial charge in [-0.3, -0.25) is 13.8 Å². The molecule has 7 heterocycles. The van der Waals surface area contributed by atoms with Crippen LogP contribution in [-0.2, 0) is 43.0 Å². The van der Waals surface area contributed by atoms with Gasteiger partial charge in [-0.1, -0.05) is 24.3 Å². The Morgan fingerprint density at radius 1 is 0.836 bits per heavy atom. The molecule has 8 aromatic rings. The predicted molar refractivity (Wildman–Crippen MR) is 245 cm³/mol. The molecule has 2 bridgehead atoms. The Morgan fingerprint density at radius 3 is 2.31 bits per heavy atom. The molecular weight excluding hydrogens is 903 g/mol. The third-order valence-electron chi connectivity index (χ3n) is 13.5. The van der Waals surface area contributed by atoms with Crippen molar-refractivity contribution in [3.05, 3.63) is 148 Å². The molecule has 4 aromatic carbocycles. The Kier molecular flexibility index (Phi) is 9.95. The third-order valence-corrected chi connectivity index (χ3v) is 17.3. The van der Waals surface area contributed by atoms with Crippen LogP contribution >= 0.6 is 0 Å². The van der Waals surface area contributed by atoms with Gasteiger partial charge in [-0.15, -0.1) is 0 Å². The van der Waals surface area contributed by atoms with Crippen LogP contribution in [-0.4, -0.2) is 85.3 Å². The van der Waals surface area contributed by atoms with Crippen LogP contribution in [0.5, 0.6) is 0 Å². The summed E-state index contributed by atoms with van der Waals surface area (Å²) in [5, 5.41) is 9.36. The van der Waals surface area contributed by atoms with Gasteiger partial charge in [0.2, 0.25) is 0 Å². The van der Waals surface area contributed by atoms with Gasteiger partial charge in [0.25, 0.3) is 20.0 Å². The van der Waals surface area contributed by atoms with E-state index in [2.05, 4.69) is 5.10 Å². The van der Waals surface area contributed by atoms with Crippen LogP contribution in [0.15, 0.2) is 112 Å². The maximum Gasteiger partial charge on any atom is 0.338 e. The van der Waals surface area contributed by atoms with Gasteiger partial charge in [-0.05, 0) is 118 Å². The van der Waals surface area contributed by atoms with Crippen LogP contribution in [0.4, 0.5) is 8.78 Å². The van der Waals surface area contributed by atoms with Crippen molar-refractivity contribution in [2.45, 2.75) is 80.5 Å².